The fourth-order valence-corrected chi connectivity index (χ4v) is 3.38. The first-order chi connectivity index (χ1) is 12.8. The van der Waals surface area contributed by atoms with Crippen LogP contribution in [0.25, 0.3) is 0 Å². The van der Waals surface area contributed by atoms with Gasteiger partial charge in [-0.05, 0) is 32.1 Å². The van der Waals surface area contributed by atoms with E-state index in [-0.39, 0.29) is 30.5 Å². The van der Waals surface area contributed by atoms with Crippen LogP contribution in [0, 0.1) is 24.2 Å². The molecular weight excluding hydrogens is 344 g/mol. The lowest BCUT2D eigenvalue weighted by atomic mass is 9.88. The van der Waals surface area contributed by atoms with Crippen LogP contribution in [0.5, 0.6) is 0 Å². The summed E-state index contributed by atoms with van der Waals surface area (Å²) in [5.41, 5.74) is -1.19. The number of hydrogen-bond acceptors (Lipinski definition) is 4. The van der Waals surface area contributed by atoms with E-state index in [1.807, 2.05) is 19.1 Å². The quantitative estimate of drug-likeness (QED) is 0.276. The highest BCUT2D eigenvalue weighted by molar-refractivity contribution is 5.86. The molecule has 1 aliphatic rings. The maximum atomic E-state index is 12.2. The van der Waals surface area contributed by atoms with E-state index >= 15 is 0 Å². The van der Waals surface area contributed by atoms with Crippen molar-refractivity contribution in [2.75, 3.05) is 0 Å². The molecule has 0 radical (unpaired) electrons. The molecule has 0 saturated heterocycles. The van der Waals surface area contributed by atoms with Gasteiger partial charge in [-0.1, -0.05) is 43.6 Å². The highest BCUT2D eigenvalue weighted by atomic mass is 16.4. The largest absolute Gasteiger partial charge is 0.481 e. The topological polar surface area (TPSA) is 94.8 Å². The predicted molar refractivity (Wildman–Crippen MR) is 105 cm³/mol. The zero-order valence-electron chi connectivity index (χ0n) is 16.1. The van der Waals surface area contributed by atoms with Gasteiger partial charge in [0.05, 0.1) is 6.10 Å². The second-order valence-corrected chi connectivity index (χ2v) is 7.33. The molecule has 0 spiro atoms. The van der Waals surface area contributed by atoms with E-state index in [0.29, 0.717) is 32.1 Å². The summed E-state index contributed by atoms with van der Waals surface area (Å²) in [4.78, 5) is 22.7. The molecule has 0 amide bonds. The second-order valence-electron chi connectivity index (χ2n) is 7.33. The number of allylic oxidation sites excluding steroid dienone is 3. The molecule has 0 bridgehead atoms. The molecular formula is C22H32O5. The van der Waals surface area contributed by atoms with Crippen molar-refractivity contribution in [1.82, 2.24) is 0 Å². The molecule has 27 heavy (non-hydrogen) atoms. The number of carbonyl (C=O) groups excluding carboxylic acids is 1. The maximum Gasteiger partial charge on any atom is 0.303 e. The fraction of sp³-hybridized carbons (Fsp3) is 0.636. The lowest BCUT2D eigenvalue weighted by Gasteiger charge is -2.21. The summed E-state index contributed by atoms with van der Waals surface area (Å²) in [7, 11) is 0. The third-order valence-electron chi connectivity index (χ3n) is 5.09. The SMILES string of the molecule is C#CC(O)(C/C=C/[C@H]1C(=O)C[C@H](O)[C@@H]1C/C=C\CCCC(=O)O)CCCC. The van der Waals surface area contributed by atoms with Crippen LogP contribution in [-0.2, 0) is 9.59 Å². The Morgan fingerprint density at radius 1 is 1.33 bits per heavy atom. The number of terminal acetylenes is 1. The van der Waals surface area contributed by atoms with E-state index in [2.05, 4.69) is 5.92 Å². The molecule has 0 aromatic rings. The number of unbranched alkanes of at least 4 members (excludes halogenated alkanes) is 2. The Morgan fingerprint density at radius 2 is 2.07 bits per heavy atom. The van der Waals surface area contributed by atoms with Crippen molar-refractivity contribution >= 4 is 11.8 Å². The Labute approximate surface area is 162 Å². The van der Waals surface area contributed by atoms with Crippen molar-refractivity contribution in [3.63, 3.8) is 0 Å². The third kappa shape index (κ3) is 8.11. The number of Topliss-reactive ketones (excluding diaryl/α,β-unsaturated/α-hetero) is 1. The molecule has 4 atom stereocenters. The molecule has 1 fully saturated rings. The molecule has 3 N–H and O–H groups in total. The number of hydrogen-bond donors (Lipinski definition) is 3. The van der Waals surface area contributed by atoms with Crippen molar-refractivity contribution in [3.05, 3.63) is 24.3 Å². The average molecular weight is 376 g/mol. The number of aliphatic hydroxyl groups is 2. The van der Waals surface area contributed by atoms with Gasteiger partial charge in [-0.15, -0.1) is 6.42 Å². The van der Waals surface area contributed by atoms with E-state index in [9.17, 15) is 19.8 Å². The van der Waals surface area contributed by atoms with Crippen LogP contribution in [0.2, 0.25) is 0 Å². The lowest BCUT2D eigenvalue weighted by Crippen LogP contribution is -2.25. The highest BCUT2D eigenvalue weighted by Gasteiger charge is 2.39. The number of aliphatic hydroxyl groups excluding tert-OH is 1. The summed E-state index contributed by atoms with van der Waals surface area (Å²) in [6.45, 7) is 2.03. The molecule has 5 heteroatoms. The minimum Gasteiger partial charge on any atom is -0.481 e. The van der Waals surface area contributed by atoms with Crippen LogP contribution in [0.4, 0.5) is 0 Å². The Hall–Kier alpha value is -1.90. The van der Waals surface area contributed by atoms with Gasteiger partial charge in [-0.25, -0.2) is 0 Å². The van der Waals surface area contributed by atoms with Gasteiger partial charge in [0.25, 0.3) is 0 Å². The number of carboxylic acid groups (broad SMARTS) is 1. The molecule has 1 unspecified atom stereocenters. The van der Waals surface area contributed by atoms with E-state index in [4.69, 9.17) is 11.5 Å². The van der Waals surface area contributed by atoms with E-state index in [1.165, 1.54) is 0 Å². The second kappa shape index (κ2) is 11.7. The minimum absolute atomic E-state index is 0.000771. The molecule has 150 valence electrons. The molecule has 5 nitrogen and oxygen atoms in total. The lowest BCUT2D eigenvalue weighted by molar-refractivity contribution is -0.137. The Morgan fingerprint density at radius 3 is 2.70 bits per heavy atom. The first-order valence-corrected chi connectivity index (χ1v) is 9.77. The molecule has 0 heterocycles. The van der Waals surface area contributed by atoms with Gasteiger partial charge in [0.1, 0.15) is 11.4 Å². The van der Waals surface area contributed by atoms with Crippen LogP contribution in [0.15, 0.2) is 24.3 Å². The minimum atomic E-state index is -1.19. The van der Waals surface area contributed by atoms with Gasteiger partial charge in [0.2, 0.25) is 0 Å². The number of carbonyl (C=O) groups is 2. The monoisotopic (exact) mass is 376 g/mol. The first-order valence-electron chi connectivity index (χ1n) is 9.77. The molecule has 0 aromatic carbocycles. The van der Waals surface area contributed by atoms with Crippen LogP contribution in [0.1, 0.15) is 64.7 Å². The predicted octanol–water partition coefficient (Wildman–Crippen LogP) is 3.25. The smallest absolute Gasteiger partial charge is 0.303 e. The standard InChI is InChI=1S/C22H32O5/c1-3-5-14-22(27,4-2)15-10-12-18-17(19(23)16-20(18)24)11-8-6-7-9-13-21(25)26/h2,6,8,10,12,17-19,23,27H,3,5,7,9,11,13-16H2,1H3,(H,25,26)/b8-6-,12-10+/t17-,18-,19+,22?/m1/s1. The number of aliphatic carboxylic acids is 1. The van der Waals surface area contributed by atoms with Crippen LogP contribution < -0.4 is 0 Å². The number of carboxylic acids is 1. The van der Waals surface area contributed by atoms with E-state index < -0.39 is 17.7 Å². The van der Waals surface area contributed by atoms with Gasteiger partial charge in [0.15, 0.2) is 0 Å². The zero-order chi connectivity index (χ0) is 20.3. The summed E-state index contributed by atoms with van der Waals surface area (Å²) in [5.74, 6) is 1.07. The van der Waals surface area contributed by atoms with E-state index in [1.54, 1.807) is 12.2 Å². The van der Waals surface area contributed by atoms with Gasteiger partial charge in [0, 0.05) is 31.1 Å². The van der Waals surface area contributed by atoms with Gasteiger partial charge in [-0.2, -0.15) is 0 Å². The fourth-order valence-electron chi connectivity index (χ4n) is 3.38. The summed E-state index contributed by atoms with van der Waals surface area (Å²) in [6, 6.07) is 0. The molecule has 1 aliphatic carbocycles. The molecule has 1 saturated carbocycles. The summed E-state index contributed by atoms with van der Waals surface area (Å²) >= 11 is 0. The van der Waals surface area contributed by atoms with Crippen LogP contribution in [0.3, 0.4) is 0 Å². The highest BCUT2D eigenvalue weighted by Crippen LogP contribution is 2.34. The summed E-state index contributed by atoms with van der Waals surface area (Å²) < 4.78 is 0. The summed E-state index contributed by atoms with van der Waals surface area (Å²) in [6.07, 6.45) is 16.8. The first kappa shape index (κ1) is 23.1. The van der Waals surface area contributed by atoms with Crippen LogP contribution in [-0.4, -0.2) is 38.8 Å². The van der Waals surface area contributed by atoms with Crippen molar-refractivity contribution < 1.29 is 24.9 Å². The van der Waals surface area contributed by atoms with Crippen molar-refractivity contribution in [3.8, 4) is 12.3 Å². The van der Waals surface area contributed by atoms with Crippen molar-refractivity contribution in [2.45, 2.75) is 76.4 Å². The molecule has 0 aromatic heterocycles. The average Bonchev–Trinajstić information content (AvgIpc) is 2.89. The molecule has 0 aliphatic heterocycles. The van der Waals surface area contributed by atoms with Gasteiger partial charge in [-0.3, -0.25) is 9.59 Å². The Balaban J connectivity index is 2.60. The van der Waals surface area contributed by atoms with Gasteiger partial charge >= 0.3 is 5.97 Å². The number of ketones is 1. The normalized spacial score (nSPS) is 25.1. The Kier molecular flexibility index (Phi) is 10.1. The van der Waals surface area contributed by atoms with Crippen LogP contribution >= 0.6 is 0 Å². The molecule has 1 rings (SSSR count). The summed E-state index contributed by atoms with van der Waals surface area (Å²) in [5, 5.41) is 29.2. The van der Waals surface area contributed by atoms with Gasteiger partial charge < -0.3 is 15.3 Å². The van der Waals surface area contributed by atoms with E-state index in [0.717, 1.165) is 12.8 Å². The number of rotatable bonds is 12. The van der Waals surface area contributed by atoms with Crippen molar-refractivity contribution in [1.29, 1.82) is 0 Å². The maximum absolute atomic E-state index is 12.2. The Bertz CT molecular complexity index is 586. The zero-order valence-corrected chi connectivity index (χ0v) is 16.1. The third-order valence-corrected chi connectivity index (χ3v) is 5.09. The van der Waals surface area contributed by atoms with Crippen molar-refractivity contribution in [2.24, 2.45) is 11.8 Å².